The molecule has 25 heavy (non-hydrogen) atoms. The van der Waals surface area contributed by atoms with E-state index in [1.165, 1.54) is 24.8 Å². The molecule has 0 aromatic heterocycles. The van der Waals surface area contributed by atoms with Gasteiger partial charge in [0.25, 0.3) is 0 Å². The molecule has 0 radical (unpaired) electrons. The molecule has 0 bridgehead atoms. The molecule has 1 aromatic rings. The van der Waals surface area contributed by atoms with Gasteiger partial charge in [-0.2, -0.15) is 0 Å². The first-order valence-corrected chi connectivity index (χ1v) is 9.24. The van der Waals surface area contributed by atoms with Crippen molar-refractivity contribution < 1.29 is 4.74 Å². The molecule has 1 aliphatic carbocycles. The maximum atomic E-state index is 6.19. The van der Waals surface area contributed by atoms with Crippen molar-refractivity contribution in [2.24, 2.45) is 10.4 Å². The van der Waals surface area contributed by atoms with Crippen LogP contribution >= 0.6 is 35.6 Å². The van der Waals surface area contributed by atoms with E-state index in [2.05, 4.69) is 21.7 Å². The zero-order chi connectivity index (χ0) is 17.3. The zero-order valence-electron chi connectivity index (χ0n) is 15.3. The monoisotopic (exact) mass is 479 g/mol. The SMILES string of the molecule is CN=C(NCCCc1ccccc1Cl)NCC1(CCOC)CCC1.I. The number of ether oxygens (including phenoxy) is 1. The predicted octanol–water partition coefficient (Wildman–Crippen LogP) is 4.26. The van der Waals surface area contributed by atoms with E-state index in [0.717, 1.165) is 49.9 Å². The summed E-state index contributed by atoms with van der Waals surface area (Å²) in [4.78, 5) is 4.33. The van der Waals surface area contributed by atoms with Gasteiger partial charge < -0.3 is 15.4 Å². The van der Waals surface area contributed by atoms with E-state index in [0.29, 0.717) is 5.41 Å². The first kappa shape index (κ1) is 22.5. The summed E-state index contributed by atoms with van der Waals surface area (Å²) in [6.45, 7) is 2.70. The summed E-state index contributed by atoms with van der Waals surface area (Å²) in [5.41, 5.74) is 1.60. The highest BCUT2D eigenvalue weighted by Gasteiger charge is 2.36. The van der Waals surface area contributed by atoms with Crippen LogP contribution < -0.4 is 10.6 Å². The van der Waals surface area contributed by atoms with Crippen LogP contribution in [0.4, 0.5) is 0 Å². The fraction of sp³-hybridized carbons (Fsp3) is 0.632. The number of aryl methyl sites for hydroxylation is 1. The second kappa shape index (κ2) is 12.0. The van der Waals surface area contributed by atoms with Crippen LogP contribution in [0.5, 0.6) is 0 Å². The average molecular weight is 480 g/mol. The van der Waals surface area contributed by atoms with Crippen molar-refractivity contribution in [2.45, 2.75) is 38.5 Å². The van der Waals surface area contributed by atoms with Gasteiger partial charge in [-0.3, -0.25) is 4.99 Å². The Labute approximate surface area is 174 Å². The molecule has 142 valence electrons. The Morgan fingerprint density at radius 3 is 2.64 bits per heavy atom. The van der Waals surface area contributed by atoms with Gasteiger partial charge in [0.2, 0.25) is 0 Å². The van der Waals surface area contributed by atoms with Gasteiger partial charge in [-0.25, -0.2) is 0 Å². The van der Waals surface area contributed by atoms with Crippen LogP contribution in [0.2, 0.25) is 5.02 Å². The third kappa shape index (κ3) is 7.31. The fourth-order valence-electron chi connectivity index (χ4n) is 3.19. The van der Waals surface area contributed by atoms with Gasteiger partial charge in [0, 0.05) is 38.9 Å². The number of methoxy groups -OCH3 is 1. The van der Waals surface area contributed by atoms with E-state index in [-0.39, 0.29) is 24.0 Å². The number of rotatable bonds is 9. The van der Waals surface area contributed by atoms with Crippen LogP contribution in [0.25, 0.3) is 0 Å². The standard InChI is InChI=1S/C19H30ClN3O.HI/c1-21-18(23-15-19(10-6-11-19)12-14-24-2)22-13-5-8-16-7-3-4-9-17(16)20;/h3-4,7,9H,5-6,8,10-15H2,1-2H3,(H2,21,22,23);1H. The van der Waals surface area contributed by atoms with Crippen LogP contribution in [0.15, 0.2) is 29.3 Å². The van der Waals surface area contributed by atoms with E-state index in [4.69, 9.17) is 16.3 Å². The lowest BCUT2D eigenvalue weighted by atomic mass is 9.67. The Bertz CT molecular complexity index is 535. The molecule has 0 aliphatic heterocycles. The van der Waals surface area contributed by atoms with Crippen LogP contribution in [0.1, 0.15) is 37.7 Å². The molecule has 2 N–H and O–H groups in total. The molecule has 0 spiro atoms. The highest BCUT2D eigenvalue weighted by Crippen LogP contribution is 2.43. The van der Waals surface area contributed by atoms with Crippen LogP contribution in [-0.2, 0) is 11.2 Å². The fourth-order valence-corrected chi connectivity index (χ4v) is 3.42. The highest BCUT2D eigenvalue weighted by molar-refractivity contribution is 14.0. The molecule has 6 heteroatoms. The molecule has 0 saturated heterocycles. The Balaban J connectivity index is 0.00000312. The lowest BCUT2D eigenvalue weighted by molar-refractivity contribution is 0.0732. The summed E-state index contributed by atoms with van der Waals surface area (Å²) in [5.74, 6) is 0.887. The number of nitrogens with zero attached hydrogens (tertiary/aromatic N) is 1. The molecule has 1 aliphatic rings. The molecule has 4 nitrogen and oxygen atoms in total. The zero-order valence-corrected chi connectivity index (χ0v) is 18.4. The van der Waals surface area contributed by atoms with E-state index >= 15 is 0 Å². The van der Waals surface area contributed by atoms with Crippen molar-refractivity contribution in [2.75, 3.05) is 33.9 Å². The summed E-state index contributed by atoms with van der Waals surface area (Å²) in [6, 6.07) is 8.04. The molecule has 2 rings (SSSR count). The first-order chi connectivity index (χ1) is 11.7. The maximum absolute atomic E-state index is 6.19. The quantitative estimate of drug-likeness (QED) is 0.241. The van der Waals surface area contributed by atoms with Crippen molar-refractivity contribution in [1.29, 1.82) is 0 Å². The predicted molar refractivity (Wildman–Crippen MR) is 117 cm³/mol. The van der Waals surface area contributed by atoms with Gasteiger partial charge in [0.05, 0.1) is 0 Å². The Kier molecular flexibility index (Phi) is 10.8. The molecule has 1 saturated carbocycles. The van der Waals surface area contributed by atoms with Gasteiger partial charge in [-0.05, 0) is 49.1 Å². The highest BCUT2D eigenvalue weighted by atomic mass is 127. The maximum Gasteiger partial charge on any atom is 0.190 e. The van der Waals surface area contributed by atoms with Crippen LogP contribution in [0, 0.1) is 5.41 Å². The van der Waals surface area contributed by atoms with Crippen molar-refractivity contribution in [3.05, 3.63) is 34.9 Å². The topological polar surface area (TPSA) is 45.7 Å². The number of nitrogens with one attached hydrogen (secondary N) is 2. The third-order valence-corrected chi connectivity index (χ3v) is 5.35. The number of hydrogen-bond donors (Lipinski definition) is 2. The van der Waals surface area contributed by atoms with E-state index in [1.54, 1.807) is 7.11 Å². The smallest absolute Gasteiger partial charge is 0.190 e. The second-order valence-corrected chi connectivity index (χ2v) is 7.05. The summed E-state index contributed by atoms with van der Waals surface area (Å²) in [5, 5.41) is 7.74. The lowest BCUT2D eigenvalue weighted by Gasteiger charge is -2.42. The first-order valence-electron chi connectivity index (χ1n) is 8.86. The number of hydrogen-bond acceptors (Lipinski definition) is 2. The van der Waals surface area contributed by atoms with E-state index in [1.807, 2.05) is 25.2 Å². The van der Waals surface area contributed by atoms with Crippen LogP contribution in [0.3, 0.4) is 0 Å². The van der Waals surface area contributed by atoms with E-state index < -0.39 is 0 Å². The molecule has 0 atom stereocenters. The van der Waals surface area contributed by atoms with Crippen molar-refractivity contribution in [3.63, 3.8) is 0 Å². The largest absolute Gasteiger partial charge is 0.385 e. The number of aliphatic imine (C=N–C) groups is 1. The number of benzene rings is 1. The summed E-state index contributed by atoms with van der Waals surface area (Å²) < 4.78 is 5.25. The molecule has 0 unspecified atom stereocenters. The minimum atomic E-state index is 0. The summed E-state index contributed by atoms with van der Waals surface area (Å²) in [7, 11) is 3.60. The summed E-state index contributed by atoms with van der Waals surface area (Å²) in [6.07, 6.45) is 7.02. The lowest BCUT2D eigenvalue weighted by Crippen LogP contribution is -2.47. The Morgan fingerprint density at radius 1 is 1.28 bits per heavy atom. The Hall–Kier alpha value is -0.530. The van der Waals surface area contributed by atoms with Gasteiger partial charge in [-0.1, -0.05) is 36.2 Å². The van der Waals surface area contributed by atoms with Crippen LogP contribution in [-0.4, -0.2) is 39.8 Å². The second-order valence-electron chi connectivity index (χ2n) is 6.64. The molecule has 0 heterocycles. The molecular formula is C19H31ClIN3O. The third-order valence-electron chi connectivity index (χ3n) is 4.98. The molecule has 0 amide bonds. The molecule has 1 aromatic carbocycles. The van der Waals surface area contributed by atoms with E-state index in [9.17, 15) is 0 Å². The molecular weight excluding hydrogens is 449 g/mol. The molecule has 1 fully saturated rings. The van der Waals surface area contributed by atoms with Gasteiger partial charge in [0.1, 0.15) is 0 Å². The van der Waals surface area contributed by atoms with Crippen molar-refractivity contribution in [1.82, 2.24) is 10.6 Å². The number of guanidine groups is 1. The van der Waals surface area contributed by atoms with Gasteiger partial charge >= 0.3 is 0 Å². The minimum absolute atomic E-state index is 0. The summed E-state index contributed by atoms with van der Waals surface area (Å²) >= 11 is 6.19. The van der Waals surface area contributed by atoms with Crippen molar-refractivity contribution >= 4 is 41.5 Å². The average Bonchev–Trinajstić information content (AvgIpc) is 2.56. The van der Waals surface area contributed by atoms with Gasteiger partial charge in [0.15, 0.2) is 5.96 Å². The van der Waals surface area contributed by atoms with Crippen molar-refractivity contribution in [3.8, 4) is 0 Å². The number of halogens is 2. The normalized spacial score (nSPS) is 15.9. The van der Waals surface area contributed by atoms with Gasteiger partial charge in [-0.15, -0.1) is 24.0 Å². The Morgan fingerprint density at radius 2 is 2.04 bits per heavy atom. The minimum Gasteiger partial charge on any atom is -0.385 e.